The van der Waals surface area contributed by atoms with Crippen molar-refractivity contribution in [2.75, 3.05) is 12.4 Å². The summed E-state index contributed by atoms with van der Waals surface area (Å²) in [4.78, 5) is 24.2. The molecular weight excluding hydrogens is 256 g/mol. The third-order valence-electron chi connectivity index (χ3n) is 3.40. The van der Waals surface area contributed by atoms with Gasteiger partial charge in [-0.3, -0.25) is 9.59 Å². The van der Waals surface area contributed by atoms with E-state index in [0.717, 1.165) is 0 Å². The monoisotopic (exact) mass is 274 g/mol. The second-order valence-corrected chi connectivity index (χ2v) is 5.08. The number of ketones is 1. The Morgan fingerprint density at radius 1 is 1.30 bits per heavy atom. The highest BCUT2D eigenvalue weighted by molar-refractivity contribution is 6.30. The standard InChI is InChI=1S/C15H18N2O3/c1-8(2)12-14(19)11(15(20)17-12)13(18)9-6-4-5-7-10(9)16-3/h4-8,12,16,18H,1-3H3,(H,17,20)/b13-11-/t12-/m0/s1. The Kier molecular flexibility index (Phi) is 3.79. The van der Waals surface area contributed by atoms with Crippen molar-refractivity contribution in [2.24, 2.45) is 5.92 Å². The lowest BCUT2D eigenvalue weighted by atomic mass is 9.97. The van der Waals surface area contributed by atoms with Crippen molar-refractivity contribution < 1.29 is 14.7 Å². The first kappa shape index (κ1) is 14.1. The van der Waals surface area contributed by atoms with Crippen LogP contribution in [0.3, 0.4) is 0 Å². The van der Waals surface area contributed by atoms with E-state index in [1.54, 1.807) is 31.3 Å². The summed E-state index contributed by atoms with van der Waals surface area (Å²) in [5.74, 6) is -1.16. The molecule has 1 amide bonds. The molecule has 1 fully saturated rings. The molecule has 1 heterocycles. The van der Waals surface area contributed by atoms with E-state index in [9.17, 15) is 14.7 Å². The maximum atomic E-state index is 12.3. The van der Waals surface area contributed by atoms with E-state index in [1.807, 2.05) is 13.8 Å². The average molecular weight is 274 g/mol. The fraction of sp³-hybridized carbons (Fsp3) is 0.333. The van der Waals surface area contributed by atoms with E-state index >= 15 is 0 Å². The number of rotatable bonds is 3. The zero-order chi connectivity index (χ0) is 14.9. The summed E-state index contributed by atoms with van der Waals surface area (Å²) >= 11 is 0. The van der Waals surface area contributed by atoms with E-state index in [4.69, 9.17) is 0 Å². The Labute approximate surface area is 117 Å². The van der Waals surface area contributed by atoms with Gasteiger partial charge in [0.2, 0.25) is 0 Å². The molecule has 0 aromatic heterocycles. The number of hydrogen-bond donors (Lipinski definition) is 3. The van der Waals surface area contributed by atoms with Crippen molar-refractivity contribution in [1.29, 1.82) is 0 Å². The Morgan fingerprint density at radius 3 is 2.50 bits per heavy atom. The summed E-state index contributed by atoms with van der Waals surface area (Å²) in [6, 6.07) is 6.41. The predicted octanol–water partition coefficient (Wildman–Crippen LogP) is 1.72. The molecule has 0 aliphatic carbocycles. The lowest BCUT2D eigenvalue weighted by Gasteiger charge is -2.11. The number of benzene rings is 1. The predicted molar refractivity (Wildman–Crippen MR) is 77.3 cm³/mol. The van der Waals surface area contributed by atoms with Gasteiger partial charge in [0.1, 0.15) is 11.3 Å². The summed E-state index contributed by atoms with van der Waals surface area (Å²) in [6.07, 6.45) is 0. The molecule has 106 valence electrons. The molecule has 0 radical (unpaired) electrons. The minimum absolute atomic E-state index is 0.0173. The van der Waals surface area contributed by atoms with E-state index in [0.29, 0.717) is 11.3 Å². The molecule has 1 saturated heterocycles. The Balaban J connectivity index is 2.52. The normalized spacial score (nSPS) is 21.1. The molecule has 1 aromatic rings. The number of hydrogen-bond acceptors (Lipinski definition) is 4. The minimum Gasteiger partial charge on any atom is -0.506 e. The third-order valence-corrected chi connectivity index (χ3v) is 3.40. The molecule has 20 heavy (non-hydrogen) atoms. The number of carbonyl (C=O) groups is 2. The molecule has 5 heteroatoms. The van der Waals surface area contributed by atoms with Gasteiger partial charge in [-0.15, -0.1) is 0 Å². The Bertz CT molecular complexity index is 591. The first-order valence-electron chi connectivity index (χ1n) is 6.52. The number of Topliss-reactive ketones (excluding diaryl/α,β-unsaturated/α-hetero) is 1. The fourth-order valence-electron chi connectivity index (χ4n) is 2.28. The third kappa shape index (κ3) is 2.27. The lowest BCUT2D eigenvalue weighted by molar-refractivity contribution is -0.117. The van der Waals surface area contributed by atoms with E-state index in [1.165, 1.54) is 0 Å². The molecule has 2 rings (SSSR count). The largest absolute Gasteiger partial charge is 0.506 e. The number of para-hydroxylation sites is 1. The van der Waals surface area contributed by atoms with Crippen molar-refractivity contribution >= 4 is 23.1 Å². The summed E-state index contributed by atoms with van der Waals surface area (Å²) in [5, 5.41) is 15.9. The molecule has 0 unspecified atom stereocenters. The molecule has 0 bridgehead atoms. The zero-order valence-electron chi connectivity index (χ0n) is 11.7. The van der Waals surface area contributed by atoms with Crippen molar-refractivity contribution in [3.05, 3.63) is 35.4 Å². The van der Waals surface area contributed by atoms with Gasteiger partial charge < -0.3 is 15.7 Å². The van der Waals surface area contributed by atoms with Crippen LogP contribution in [0, 0.1) is 5.92 Å². The van der Waals surface area contributed by atoms with Crippen LogP contribution in [0.2, 0.25) is 0 Å². The molecule has 1 atom stereocenters. The summed E-state index contributed by atoms with van der Waals surface area (Å²) in [5.41, 5.74) is 0.940. The molecule has 5 nitrogen and oxygen atoms in total. The van der Waals surface area contributed by atoms with E-state index in [2.05, 4.69) is 10.6 Å². The number of carbonyl (C=O) groups excluding carboxylic acids is 2. The zero-order valence-corrected chi connectivity index (χ0v) is 11.7. The number of aliphatic hydroxyl groups excluding tert-OH is 1. The molecular formula is C15H18N2O3. The van der Waals surface area contributed by atoms with Gasteiger partial charge in [-0.25, -0.2) is 0 Å². The van der Waals surface area contributed by atoms with Crippen LogP contribution in [0.25, 0.3) is 5.76 Å². The minimum atomic E-state index is -0.568. The summed E-state index contributed by atoms with van der Waals surface area (Å²) in [6.45, 7) is 3.70. The molecule has 0 spiro atoms. The van der Waals surface area contributed by atoms with Crippen molar-refractivity contribution in [1.82, 2.24) is 5.32 Å². The van der Waals surface area contributed by atoms with Gasteiger partial charge in [0.05, 0.1) is 6.04 Å². The van der Waals surface area contributed by atoms with Crippen molar-refractivity contribution in [2.45, 2.75) is 19.9 Å². The first-order chi connectivity index (χ1) is 9.47. The second kappa shape index (κ2) is 5.36. The summed E-state index contributed by atoms with van der Waals surface area (Å²) in [7, 11) is 1.71. The maximum absolute atomic E-state index is 12.3. The van der Waals surface area contributed by atoms with Crippen LogP contribution in [-0.4, -0.2) is 29.9 Å². The van der Waals surface area contributed by atoms with Crippen LogP contribution in [0.4, 0.5) is 5.69 Å². The van der Waals surface area contributed by atoms with Crippen LogP contribution in [0.15, 0.2) is 29.8 Å². The van der Waals surface area contributed by atoms with Crippen molar-refractivity contribution in [3.8, 4) is 0 Å². The highest BCUT2D eigenvalue weighted by Gasteiger charge is 2.40. The van der Waals surface area contributed by atoms with Crippen LogP contribution in [-0.2, 0) is 9.59 Å². The average Bonchev–Trinajstić information content (AvgIpc) is 2.73. The van der Waals surface area contributed by atoms with Gasteiger partial charge in [-0.2, -0.15) is 0 Å². The highest BCUT2D eigenvalue weighted by Crippen LogP contribution is 2.28. The van der Waals surface area contributed by atoms with Crippen LogP contribution < -0.4 is 10.6 Å². The molecule has 0 saturated carbocycles. The Morgan fingerprint density at radius 2 is 1.95 bits per heavy atom. The molecule has 1 aliphatic rings. The molecule has 1 aromatic carbocycles. The van der Waals surface area contributed by atoms with E-state index < -0.39 is 11.9 Å². The number of amides is 1. The van der Waals surface area contributed by atoms with E-state index in [-0.39, 0.29) is 23.0 Å². The van der Waals surface area contributed by atoms with Gasteiger partial charge in [0, 0.05) is 18.3 Å². The number of anilines is 1. The highest BCUT2D eigenvalue weighted by atomic mass is 16.3. The van der Waals surface area contributed by atoms with Gasteiger partial charge in [0.15, 0.2) is 5.78 Å². The van der Waals surface area contributed by atoms with Crippen LogP contribution in [0.5, 0.6) is 0 Å². The molecule has 3 N–H and O–H groups in total. The SMILES string of the molecule is CNc1ccccc1/C(O)=C1/C(=O)N[C@@H](C(C)C)C1=O. The van der Waals surface area contributed by atoms with Gasteiger partial charge >= 0.3 is 0 Å². The van der Waals surface area contributed by atoms with Crippen LogP contribution >= 0.6 is 0 Å². The van der Waals surface area contributed by atoms with Gasteiger partial charge in [-0.1, -0.05) is 26.0 Å². The quantitative estimate of drug-likeness (QED) is 0.445. The topological polar surface area (TPSA) is 78.4 Å². The Hall–Kier alpha value is -2.30. The first-order valence-corrected chi connectivity index (χ1v) is 6.52. The van der Waals surface area contributed by atoms with Gasteiger partial charge in [0.25, 0.3) is 5.91 Å². The number of nitrogens with one attached hydrogen (secondary N) is 2. The fourth-order valence-corrected chi connectivity index (χ4v) is 2.28. The lowest BCUT2D eigenvalue weighted by Crippen LogP contribution is -2.33. The summed E-state index contributed by atoms with van der Waals surface area (Å²) < 4.78 is 0. The number of aliphatic hydroxyl groups is 1. The van der Waals surface area contributed by atoms with Crippen LogP contribution in [0.1, 0.15) is 19.4 Å². The smallest absolute Gasteiger partial charge is 0.259 e. The van der Waals surface area contributed by atoms with Gasteiger partial charge in [-0.05, 0) is 18.1 Å². The molecule has 1 aliphatic heterocycles. The second-order valence-electron chi connectivity index (χ2n) is 5.08. The maximum Gasteiger partial charge on any atom is 0.259 e. The van der Waals surface area contributed by atoms with Crippen molar-refractivity contribution in [3.63, 3.8) is 0 Å².